The van der Waals surface area contributed by atoms with Gasteiger partial charge in [-0.25, -0.2) is 0 Å². The van der Waals surface area contributed by atoms with Crippen LogP contribution in [0.3, 0.4) is 0 Å². The highest BCUT2D eigenvalue weighted by Gasteiger charge is 2.17. The van der Waals surface area contributed by atoms with Crippen LogP contribution in [0, 0.1) is 5.92 Å². The van der Waals surface area contributed by atoms with Gasteiger partial charge in [0.25, 0.3) is 0 Å². The lowest BCUT2D eigenvalue weighted by Gasteiger charge is -2.31. The van der Waals surface area contributed by atoms with Gasteiger partial charge in [-0.15, -0.1) is 0 Å². The highest BCUT2D eigenvalue weighted by Crippen LogP contribution is 2.21. The van der Waals surface area contributed by atoms with Crippen molar-refractivity contribution in [1.29, 1.82) is 0 Å². The molecule has 0 aliphatic carbocycles. The highest BCUT2D eigenvalue weighted by molar-refractivity contribution is 4.72. The molecule has 0 amide bonds. The van der Waals surface area contributed by atoms with E-state index in [1.807, 2.05) is 13.8 Å². The minimum absolute atomic E-state index is 0.393. The van der Waals surface area contributed by atoms with Gasteiger partial charge in [0.15, 0.2) is 0 Å². The fraction of sp³-hybridized carbons (Fsp3) is 1.00. The van der Waals surface area contributed by atoms with Gasteiger partial charge < -0.3 is 10.6 Å². The summed E-state index contributed by atoms with van der Waals surface area (Å²) in [5, 5.41) is 0. The van der Waals surface area contributed by atoms with Crippen molar-refractivity contribution >= 4 is 0 Å². The molecule has 1 unspecified atom stereocenters. The van der Waals surface area contributed by atoms with Crippen LogP contribution >= 0.6 is 0 Å². The Morgan fingerprint density at radius 2 is 1.80 bits per heavy atom. The molecule has 0 aromatic carbocycles. The van der Waals surface area contributed by atoms with E-state index in [1.54, 1.807) is 0 Å². The predicted molar refractivity (Wildman–Crippen MR) is 69.1 cm³/mol. The zero-order valence-electron chi connectivity index (χ0n) is 11.1. The Kier molecular flexibility index (Phi) is 9.12. The monoisotopic (exact) mass is 214 g/mol. The summed E-state index contributed by atoms with van der Waals surface area (Å²) in [6.45, 7) is 12.2. The van der Waals surface area contributed by atoms with Crippen LogP contribution in [0.1, 0.15) is 53.4 Å². The minimum atomic E-state index is 0.393. The van der Waals surface area contributed by atoms with Crippen LogP contribution in [0.4, 0.5) is 0 Å². The quantitative estimate of drug-likeness (QED) is 0.779. The van der Waals surface area contributed by atoms with Crippen molar-refractivity contribution in [2.75, 3.05) is 19.6 Å². The molecule has 2 heteroatoms. The van der Waals surface area contributed by atoms with E-state index in [0.29, 0.717) is 6.04 Å². The number of hydrogen-bond acceptors (Lipinski definition) is 2. The second kappa shape index (κ2) is 9.17. The Hall–Kier alpha value is -0.0800. The number of likely N-dealkylation sites (tertiary alicyclic amines) is 1. The van der Waals surface area contributed by atoms with E-state index in [9.17, 15) is 0 Å². The lowest BCUT2D eigenvalue weighted by Crippen LogP contribution is -2.33. The van der Waals surface area contributed by atoms with E-state index in [-0.39, 0.29) is 0 Å². The molecule has 15 heavy (non-hydrogen) atoms. The Bertz CT molecular complexity index is 126. The molecular formula is C13H30N2. The third kappa shape index (κ3) is 6.91. The van der Waals surface area contributed by atoms with Gasteiger partial charge in [-0.3, -0.25) is 0 Å². The van der Waals surface area contributed by atoms with Crippen molar-refractivity contribution in [1.82, 2.24) is 4.90 Å². The first-order valence-electron chi connectivity index (χ1n) is 6.70. The first-order valence-corrected chi connectivity index (χ1v) is 6.70. The van der Waals surface area contributed by atoms with Gasteiger partial charge in [0, 0.05) is 6.04 Å². The smallest absolute Gasteiger partial charge is 0.00105 e. The molecule has 0 bridgehead atoms. The Balaban J connectivity index is 0.000000921. The summed E-state index contributed by atoms with van der Waals surface area (Å²) in [4.78, 5) is 2.54. The van der Waals surface area contributed by atoms with Gasteiger partial charge in [0.2, 0.25) is 0 Å². The maximum absolute atomic E-state index is 5.75. The standard InChI is InChI=1S/C11H24N2.C2H6/c1-3-13-8-6-11(7-9-13)5-4-10(2)12;1-2/h10-11H,3-9,12H2,1-2H3;1-2H3. The number of rotatable bonds is 4. The van der Waals surface area contributed by atoms with Crippen LogP contribution in [-0.4, -0.2) is 30.6 Å². The molecule has 0 aromatic heterocycles. The molecule has 0 radical (unpaired) electrons. The molecule has 1 rings (SSSR count). The van der Waals surface area contributed by atoms with Crippen LogP contribution in [0.2, 0.25) is 0 Å². The minimum Gasteiger partial charge on any atom is -0.328 e. The van der Waals surface area contributed by atoms with Crippen molar-refractivity contribution in [3.8, 4) is 0 Å². The molecule has 2 N–H and O–H groups in total. The predicted octanol–water partition coefficient (Wildman–Crippen LogP) is 2.87. The number of hydrogen-bond donors (Lipinski definition) is 1. The van der Waals surface area contributed by atoms with Crippen molar-refractivity contribution in [3.05, 3.63) is 0 Å². The van der Waals surface area contributed by atoms with Crippen molar-refractivity contribution in [2.24, 2.45) is 11.7 Å². The lowest BCUT2D eigenvalue weighted by atomic mass is 9.91. The maximum atomic E-state index is 5.75. The topological polar surface area (TPSA) is 29.3 Å². The van der Waals surface area contributed by atoms with Crippen molar-refractivity contribution in [3.63, 3.8) is 0 Å². The average molecular weight is 214 g/mol. The molecule has 1 saturated heterocycles. The first-order chi connectivity index (χ1) is 7.22. The molecule has 0 spiro atoms. The van der Waals surface area contributed by atoms with E-state index in [2.05, 4.69) is 18.7 Å². The lowest BCUT2D eigenvalue weighted by molar-refractivity contribution is 0.184. The van der Waals surface area contributed by atoms with Gasteiger partial charge in [-0.2, -0.15) is 0 Å². The SMILES string of the molecule is CC.CCN1CCC(CCC(C)N)CC1. The van der Waals surface area contributed by atoms with Gasteiger partial charge in [-0.1, -0.05) is 20.8 Å². The first kappa shape index (κ1) is 14.9. The van der Waals surface area contributed by atoms with Crippen LogP contribution in [0.5, 0.6) is 0 Å². The second-order valence-electron chi connectivity index (χ2n) is 4.43. The third-order valence-electron chi connectivity index (χ3n) is 3.18. The van der Waals surface area contributed by atoms with Gasteiger partial charge >= 0.3 is 0 Å². The summed E-state index contributed by atoms with van der Waals surface area (Å²) < 4.78 is 0. The summed E-state index contributed by atoms with van der Waals surface area (Å²) in [5.74, 6) is 0.953. The molecule has 92 valence electrons. The molecule has 1 aliphatic heterocycles. The molecule has 0 saturated carbocycles. The van der Waals surface area contributed by atoms with E-state index in [0.717, 1.165) is 5.92 Å². The van der Waals surface area contributed by atoms with Crippen LogP contribution in [0.25, 0.3) is 0 Å². The van der Waals surface area contributed by atoms with Crippen molar-refractivity contribution in [2.45, 2.75) is 59.4 Å². The maximum Gasteiger partial charge on any atom is 0.00105 e. The van der Waals surface area contributed by atoms with E-state index in [4.69, 9.17) is 5.73 Å². The van der Waals surface area contributed by atoms with E-state index < -0.39 is 0 Å². The fourth-order valence-corrected chi connectivity index (χ4v) is 2.09. The fourth-order valence-electron chi connectivity index (χ4n) is 2.09. The zero-order chi connectivity index (χ0) is 11.7. The summed E-state index contributed by atoms with van der Waals surface area (Å²) in [6, 6.07) is 0.393. The summed E-state index contributed by atoms with van der Waals surface area (Å²) in [7, 11) is 0. The molecule has 0 aromatic rings. The van der Waals surface area contributed by atoms with Gasteiger partial charge in [-0.05, 0) is 58.2 Å². The Morgan fingerprint density at radius 1 is 1.27 bits per heavy atom. The normalized spacial score (nSPS) is 20.6. The van der Waals surface area contributed by atoms with Crippen LogP contribution in [-0.2, 0) is 0 Å². The Morgan fingerprint density at radius 3 is 2.20 bits per heavy atom. The molecule has 1 aliphatic rings. The van der Waals surface area contributed by atoms with Crippen LogP contribution < -0.4 is 5.73 Å². The molecular weight excluding hydrogens is 184 g/mol. The number of piperidine rings is 1. The van der Waals surface area contributed by atoms with Crippen LogP contribution in [0.15, 0.2) is 0 Å². The average Bonchev–Trinajstić information content (AvgIpc) is 2.30. The molecule has 1 fully saturated rings. The number of nitrogens with two attached hydrogens (primary N) is 1. The van der Waals surface area contributed by atoms with Gasteiger partial charge in [0.05, 0.1) is 0 Å². The van der Waals surface area contributed by atoms with E-state index in [1.165, 1.54) is 45.3 Å². The zero-order valence-corrected chi connectivity index (χ0v) is 11.1. The van der Waals surface area contributed by atoms with Gasteiger partial charge in [0.1, 0.15) is 0 Å². The van der Waals surface area contributed by atoms with Crippen molar-refractivity contribution < 1.29 is 0 Å². The third-order valence-corrected chi connectivity index (χ3v) is 3.18. The molecule has 1 atom stereocenters. The summed E-state index contributed by atoms with van der Waals surface area (Å²) in [6.07, 6.45) is 5.33. The molecule has 2 nitrogen and oxygen atoms in total. The highest BCUT2D eigenvalue weighted by atomic mass is 15.1. The second-order valence-corrected chi connectivity index (χ2v) is 4.43. The van der Waals surface area contributed by atoms with E-state index >= 15 is 0 Å². The largest absolute Gasteiger partial charge is 0.328 e. The number of nitrogens with zero attached hydrogens (tertiary/aromatic N) is 1. The molecule has 1 heterocycles. The Labute approximate surface area is 96.2 Å². The summed E-state index contributed by atoms with van der Waals surface area (Å²) >= 11 is 0. The summed E-state index contributed by atoms with van der Waals surface area (Å²) in [5.41, 5.74) is 5.75.